The number of halogens is 1. The highest BCUT2D eigenvalue weighted by Crippen LogP contribution is 2.33. The van der Waals surface area contributed by atoms with Crippen molar-refractivity contribution in [3.63, 3.8) is 0 Å². The summed E-state index contributed by atoms with van der Waals surface area (Å²) in [5.41, 5.74) is 1.54. The van der Waals surface area contributed by atoms with Gasteiger partial charge in [0.25, 0.3) is 11.1 Å². The molecule has 1 fully saturated rings. The third kappa shape index (κ3) is 4.36. The maximum atomic E-state index is 13.8. The number of hydrogen-bond donors (Lipinski definition) is 2. The summed E-state index contributed by atoms with van der Waals surface area (Å²) in [4.78, 5) is 50.4. The highest BCUT2D eigenvalue weighted by atomic mass is 32.2. The molecule has 1 atom stereocenters. The van der Waals surface area contributed by atoms with Gasteiger partial charge in [-0.1, -0.05) is 36.4 Å². The summed E-state index contributed by atoms with van der Waals surface area (Å²) in [6.45, 7) is 0.0235. The zero-order chi connectivity index (χ0) is 22.0. The van der Waals surface area contributed by atoms with Gasteiger partial charge in [-0.05, 0) is 35.5 Å². The number of para-hydroxylation sites is 1. The van der Waals surface area contributed by atoms with Gasteiger partial charge in [0, 0.05) is 30.8 Å². The number of thioether (sulfide) groups is 1. The molecule has 1 unspecified atom stereocenters. The smallest absolute Gasteiger partial charge is 0.293 e. The maximum Gasteiger partial charge on any atom is 0.293 e. The molecular weight excluding hydrogens is 421 g/mol. The number of anilines is 1. The molecule has 31 heavy (non-hydrogen) atoms. The lowest BCUT2D eigenvalue weighted by Gasteiger charge is -2.25. The lowest BCUT2D eigenvalue weighted by molar-refractivity contribution is -0.126. The molecule has 2 aliphatic heterocycles. The summed E-state index contributed by atoms with van der Waals surface area (Å²) in [6.07, 6.45) is 1.37. The predicted molar refractivity (Wildman–Crippen MR) is 115 cm³/mol. The Kier molecular flexibility index (Phi) is 5.85. The van der Waals surface area contributed by atoms with Crippen molar-refractivity contribution in [1.29, 1.82) is 0 Å². The average Bonchev–Trinajstić information content (AvgIpc) is 3.02. The van der Waals surface area contributed by atoms with Crippen molar-refractivity contribution in [3.05, 3.63) is 70.4 Å². The summed E-state index contributed by atoms with van der Waals surface area (Å²) in [5.74, 6) is -2.26. The van der Waals surface area contributed by atoms with E-state index in [1.165, 1.54) is 24.3 Å². The molecule has 0 bridgehead atoms. The van der Waals surface area contributed by atoms with Gasteiger partial charge in [0.15, 0.2) is 0 Å². The van der Waals surface area contributed by atoms with Gasteiger partial charge in [-0.3, -0.25) is 24.1 Å². The highest BCUT2D eigenvalue weighted by molar-refractivity contribution is 8.18. The Morgan fingerprint density at radius 1 is 1.16 bits per heavy atom. The summed E-state index contributed by atoms with van der Waals surface area (Å²) < 4.78 is 13.8. The zero-order valence-corrected chi connectivity index (χ0v) is 17.1. The first-order valence-corrected chi connectivity index (χ1v) is 10.4. The highest BCUT2D eigenvalue weighted by Gasteiger charge is 2.35. The molecule has 158 valence electrons. The largest absolute Gasteiger partial charge is 0.354 e. The number of nitrogens with one attached hydrogen (secondary N) is 2. The van der Waals surface area contributed by atoms with E-state index in [0.29, 0.717) is 5.69 Å². The Bertz CT molecular complexity index is 1120. The van der Waals surface area contributed by atoms with Crippen LogP contribution >= 0.6 is 11.8 Å². The number of hydrogen-bond acceptors (Lipinski definition) is 5. The van der Waals surface area contributed by atoms with Crippen molar-refractivity contribution in [2.75, 3.05) is 18.4 Å². The second-order valence-electron chi connectivity index (χ2n) is 7.04. The van der Waals surface area contributed by atoms with E-state index < -0.39 is 22.9 Å². The van der Waals surface area contributed by atoms with E-state index in [4.69, 9.17) is 0 Å². The molecule has 0 radical (unpaired) electrons. The van der Waals surface area contributed by atoms with E-state index in [1.807, 2.05) is 0 Å². The van der Waals surface area contributed by atoms with Gasteiger partial charge < -0.3 is 10.6 Å². The van der Waals surface area contributed by atoms with Crippen LogP contribution in [0.5, 0.6) is 0 Å². The third-order valence-electron chi connectivity index (χ3n) is 5.02. The fraction of sp³-hybridized carbons (Fsp3) is 0.182. The lowest BCUT2D eigenvalue weighted by atomic mass is 9.90. The molecular formula is C22H18FN3O4S. The first-order chi connectivity index (χ1) is 14.9. The van der Waals surface area contributed by atoms with Crippen molar-refractivity contribution < 1.29 is 23.6 Å². The second kappa shape index (κ2) is 8.73. The normalized spacial score (nSPS) is 19.4. The number of nitrogens with zero attached hydrogens (tertiary/aromatic N) is 1. The van der Waals surface area contributed by atoms with Gasteiger partial charge in [-0.25, -0.2) is 4.39 Å². The van der Waals surface area contributed by atoms with Crippen LogP contribution in [-0.2, 0) is 14.4 Å². The van der Waals surface area contributed by atoms with Crippen molar-refractivity contribution >= 4 is 46.5 Å². The first-order valence-electron chi connectivity index (χ1n) is 9.60. The van der Waals surface area contributed by atoms with Crippen LogP contribution in [0.4, 0.5) is 14.9 Å². The van der Waals surface area contributed by atoms with Crippen LogP contribution in [0.1, 0.15) is 23.5 Å². The number of imide groups is 1. The third-order valence-corrected chi connectivity index (χ3v) is 5.92. The monoisotopic (exact) mass is 439 g/mol. The molecule has 0 aromatic heterocycles. The summed E-state index contributed by atoms with van der Waals surface area (Å²) in [7, 11) is 0. The first kappa shape index (κ1) is 20.8. The van der Waals surface area contributed by atoms with Crippen molar-refractivity contribution in [2.45, 2.75) is 12.3 Å². The fourth-order valence-corrected chi connectivity index (χ4v) is 4.34. The average molecular weight is 439 g/mol. The van der Waals surface area contributed by atoms with E-state index in [0.717, 1.165) is 22.2 Å². The minimum absolute atomic E-state index is 0.0222. The van der Waals surface area contributed by atoms with Gasteiger partial charge in [-0.15, -0.1) is 0 Å². The summed E-state index contributed by atoms with van der Waals surface area (Å²) >= 11 is 0.729. The number of carbonyl (C=O) groups is 4. The van der Waals surface area contributed by atoms with Gasteiger partial charge >= 0.3 is 0 Å². The van der Waals surface area contributed by atoms with Crippen LogP contribution in [0.25, 0.3) is 6.08 Å². The fourth-order valence-electron chi connectivity index (χ4n) is 3.49. The van der Waals surface area contributed by atoms with Crippen LogP contribution in [0.15, 0.2) is 53.4 Å². The van der Waals surface area contributed by atoms with Crippen LogP contribution in [0.3, 0.4) is 0 Å². The van der Waals surface area contributed by atoms with E-state index >= 15 is 0 Å². The molecule has 1 saturated heterocycles. The van der Waals surface area contributed by atoms with E-state index in [-0.39, 0.29) is 41.8 Å². The van der Waals surface area contributed by atoms with Gasteiger partial charge in [-0.2, -0.15) is 0 Å². The number of benzene rings is 2. The Morgan fingerprint density at radius 2 is 1.90 bits per heavy atom. The Labute approximate surface area is 181 Å². The minimum atomic E-state index is -0.638. The molecule has 2 heterocycles. The second-order valence-corrected chi connectivity index (χ2v) is 8.03. The Hall–Kier alpha value is -3.46. The van der Waals surface area contributed by atoms with Crippen LogP contribution < -0.4 is 10.6 Å². The number of rotatable bonds is 5. The lowest BCUT2D eigenvalue weighted by Crippen LogP contribution is -2.40. The predicted octanol–water partition coefficient (Wildman–Crippen LogP) is 3.10. The Balaban J connectivity index is 1.38. The van der Waals surface area contributed by atoms with Crippen molar-refractivity contribution in [1.82, 2.24) is 10.2 Å². The number of carbonyl (C=O) groups excluding carboxylic acids is 4. The number of amides is 4. The molecule has 2 N–H and O–H groups in total. The molecule has 2 aliphatic rings. The molecule has 2 aromatic carbocycles. The molecule has 4 rings (SSSR count). The summed E-state index contributed by atoms with van der Waals surface area (Å²) in [5, 5.41) is 4.95. The van der Waals surface area contributed by atoms with Crippen LogP contribution in [0.2, 0.25) is 0 Å². The summed E-state index contributed by atoms with van der Waals surface area (Å²) in [6, 6.07) is 13.0. The van der Waals surface area contributed by atoms with E-state index in [2.05, 4.69) is 10.6 Å². The quantitative estimate of drug-likeness (QED) is 0.698. The molecule has 7 nitrogen and oxygen atoms in total. The molecule has 0 spiro atoms. The SMILES string of the molecule is O=C1CC(C(=O)NCCN2C(=O)S/C(=C\c3ccccc3F)C2=O)c2ccccc2N1. The van der Waals surface area contributed by atoms with Gasteiger partial charge in [0.05, 0.1) is 10.8 Å². The minimum Gasteiger partial charge on any atom is -0.354 e. The Morgan fingerprint density at radius 3 is 2.71 bits per heavy atom. The molecule has 4 amide bonds. The zero-order valence-electron chi connectivity index (χ0n) is 16.3. The standard InChI is InChI=1S/C22H18FN3O4S/c23-16-7-3-1-5-13(16)11-18-21(29)26(22(30)31-18)10-9-24-20(28)15-12-19(27)25-17-8-4-2-6-14(15)17/h1-8,11,15H,9-10,12H2,(H,24,28)(H,25,27)/b18-11-. The maximum absolute atomic E-state index is 13.8. The molecule has 0 saturated carbocycles. The van der Waals surface area contributed by atoms with Crippen LogP contribution in [0, 0.1) is 5.82 Å². The molecule has 0 aliphatic carbocycles. The number of fused-ring (bicyclic) bond motifs is 1. The topological polar surface area (TPSA) is 95.6 Å². The van der Waals surface area contributed by atoms with Crippen molar-refractivity contribution in [3.8, 4) is 0 Å². The van der Waals surface area contributed by atoms with Crippen molar-refractivity contribution in [2.24, 2.45) is 0 Å². The van der Waals surface area contributed by atoms with Gasteiger partial charge in [0.1, 0.15) is 5.82 Å². The molecule has 9 heteroatoms. The van der Waals surface area contributed by atoms with E-state index in [1.54, 1.807) is 30.3 Å². The van der Waals surface area contributed by atoms with Gasteiger partial charge in [0.2, 0.25) is 11.8 Å². The molecule has 2 aromatic rings. The van der Waals surface area contributed by atoms with E-state index in [9.17, 15) is 23.6 Å². The van der Waals surface area contributed by atoms with Crippen LogP contribution in [-0.4, -0.2) is 41.0 Å².